The number of anilines is 1. The molecule has 0 spiro atoms. The highest BCUT2D eigenvalue weighted by Gasteiger charge is 2.23. The summed E-state index contributed by atoms with van der Waals surface area (Å²) in [6.07, 6.45) is 0. The fraction of sp³-hybridized carbons (Fsp3) is 0.188. The van der Waals surface area contributed by atoms with Gasteiger partial charge in [-0.2, -0.15) is 4.31 Å². The number of sulfonamides is 1. The monoisotopic (exact) mass is 402 g/mol. The van der Waals surface area contributed by atoms with Crippen LogP contribution in [-0.2, 0) is 14.8 Å². The van der Waals surface area contributed by atoms with Gasteiger partial charge in [0, 0.05) is 17.1 Å². The van der Waals surface area contributed by atoms with E-state index in [-0.39, 0.29) is 11.4 Å². The molecule has 25 heavy (non-hydrogen) atoms. The molecule has 0 aliphatic heterocycles. The number of halogens is 2. The lowest BCUT2D eigenvalue weighted by atomic mass is 10.3. The molecule has 0 heterocycles. The Balaban J connectivity index is 2.12. The van der Waals surface area contributed by atoms with Gasteiger partial charge in [0.05, 0.1) is 24.2 Å². The highest BCUT2D eigenvalue weighted by molar-refractivity contribution is 7.89. The molecule has 134 valence electrons. The maximum absolute atomic E-state index is 12.5. The summed E-state index contributed by atoms with van der Waals surface area (Å²) in [6, 6.07) is 10.4. The lowest BCUT2D eigenvalue weighted by molar-refractivity contribution is -0.116. The minimum absolute atomic E-state index is 0.0486. The van der Waals surface area contributed by atoms with Crippen LogP contribution >= 0.6 is 23.2 Å². The molecule has 0 bridgehead atoms. The van der Waals surface area contributed by atoms with Crippen LogP contribution < -0.4 is 10.1 Å². The van der Waals surface area contributed by atoms with Gasteiger partial charge in [-0.15, -0.1) is 0 Å². The second-order valence-corrected chi connectivity index (χ2v) is 8.03. The van der Waals surface area contributed by atoms with Gasteiger partial charge in [0.2, 0.25) is 15.9 Å². The van der Waals surface area contributed by atoms with Crippen molar-refractivity contribution in [3.63, 3.8) is 0 Å². The van der Waals surface area contributed by atoms with Gasteiger partial charge in [-0.25, -0.2) is 8.42 Å². The fourth-order valence-corrected chi connectivity index (χ4v) is 3.47. The Hall–Kier alpha value is -1.80. The summed E-state index contributed by atoms with van der Waals surface area (Å²) in [5, 5.41) is 3.43. The van der Waals surface area contributed by atoms with E-state index >= 15 is 0 Å². The first kappa shape index (κ1) is 19.5. The van der Waals surface area contributed by atoms with Crippen molar-refractivity contribution < 1.29 is 17.9 Å². The average Bonchev–Trinajstić information content (AvgIpc) is 2.55. The first-order valence-corrected chi connectivity index (χ1v) is 9.29. The SMILES string of the molecule is COc1ccc(Cl)cc1NC(=O)CN(C)S(=O)(=O)c1ccc(Cl)cc1. The summed E-state index contributed by atoms with van der Waals surface area (Å²) in [4.78, 5) is 12.2. The molecular weight excluding hydrogens is 387 g/mol. The summed E-state index contributed by atoms with van der Waals surface area (Å²) in [7, 11) is -1.04. The zero-order valence-corrected chi connectivity index (χ0v) is 15.8. The molecule has 1 amide bonds. The smallest absolute Gasteiger partial charge is 0.243 e. The summed E-state index contributed by atoms with van der Waals surface area (Å²) in [5.74, 6) is -0.110. The quantitative estimate of drug-likeness (QED) is 0.804. The van der Waals surface area contributed by atoms with Crippen molar-refractivity contribution in [3.05, 3.63) is 52.5 Å². The first-order chi connectivity index (χ1) is 11.7. The highest BCUT2D eigenvalue weighted by atomic mass is 35.5. The third-order valence-electron chi connectivity index (χ3n) is 3.32. The van der Waals surface area contributed by atoms with E-state index in [2.05, 4.69) is 5.32 Å². The van der Waals surface area contributed by atoms with Gasteiger partial charge in [0.15, 0.2) is 0 Å². The number of nitrogens with zero attached hydrogens (tertiary/aromatic N) is 1. The van der Waals surface area contributed by atoms with Crippen LogP contribution in [0.15, 0.2) is 47.4 Å². The zero-order chi connectivity index (χ0) is 18.6. The predicted molar refractivity (Wildman–Crippen MR) is 97.9 cm³/mol. The van der Waals surface area contributed by atoms with E-state index in [1.165, 1.54) is 44.5 Å². The standard InChI is InChI=1S/C16H16Cl2N2O4S/c1-20(25(22,23)13-6-3-11(17)4-7-13)10-16(21)19-14-9-12(18)5-8-15(14)24-2/h3-9H,10H2,1-2H3,(H,19,21). The fourth-order valence-electron chi connectivity index (χ4n) is 2.04. The van der Waals surface area contributed by atoms with Crippen LogP contribution in [0.1, 0.15) is 0 Å². The van der Waals surface area contributed by atoms with Crippen molar-refractivity contribution in [3.8, 4) is 5.75 Å². The predicted octanol–water partition coefficient (Wildman–Crippen LogP) is 3.26. The molecule has 6 nitrogen and oxygen atoms in total. The Morgan fingerprint density at radius 3 is 2.32 bits per heavy atom. The number of amides is 1. The number of carbonyl (C=O) groups is 1. The summed E-state index contributed by atoms with van der Waals surface area (Å²) in [6.45, 7) is -0.374. The van der Waals surface area contributed by atoms with Crippen molar-refractivity contribution >= 4 is 44.8 Å². The Morgan fingerprint density at radius 2 is 1.72 bits per heavy atom. The summed E-state index contributed by atoms with van der Waals surface area (Å²) >= 11 is 11.7. The molecule has 0 saturated carbocycles. The number of benzene rings is 2. The van der Waals surface area contributed by atoms with Crippen LogP contribution in [0.25, 0.3) is 0 Å². The molecule has 2 rings (SSSR count). The molecule has 1 N–H and O–H groups in total. The number of rotatable bonds is 6. The van der Waals surface area contributed by atoms with Gasteiger partial charge in [-0.3, -0.25) is 4.79 Å². The minimum atomic E-state index is -3.81. The van der Waals surface area contributed by atoms with Gasteiger partial charge >= 0.3 is 0 Å². The Kier molecular flexibility index (Phi) is 6.29. The lowest BCUT2D eigenvalue weighted by Crippen LogP contribution is -2.35. The third-order valence-corrected chi connectivity index (χ3v) is 5.63. The Labute approximate surface area is 156 Å². The van der Waals surface area contributed by atoms with Crippen molar-refractivity contribution in [2.24, 2.45) is 0 Å². The maximum atomic E-state index is 12.5. The average molecular weight is 403 g/mol. The van der Waals surface area contributed by atoms with Gasteiger partial charge in [-0.1, -0.05) is 23.2 Å². The van der Waals surface area contributed by atoms with Crippen molar-refractivity contribution in [2.45, 2.75) is 4.90 Å². The van der Waals surface area contributed by atoms with Crippen molar-refractivity contribution in [2.75, 3.05) is 26.0 Å². The number of likely N-dealkylation sites (N-methyl/N-ethyl adjacent to an activating group) is 1. The van der Waals surface area contributed by atoms with Gasteiger partial charge < -0.3 is 10.1 Å². The second-order valence-electron chi connectivity index (χ2n) is 5.11. The molecule has 0 aliphatic carbocycles. The second kappa shape index (κ2) is 8.05. The first-order valence-electron chi connectivity index (χ1n) is 7.09. The van der Waals surface area contributed by atoms with Crippen molar-refractivity contribution in [1.29, 1.82) is 0 Å². The lowest BCUT2D eigenvalue weighted by Gasteiger charge is -2.17. The molecule has 0 unspecified atom stereocenters. The Bertz CT molecular complexity index is 870. The zero-order valence-electron chi connectivity index (χ0n) is 13.5. The molecule has 0 aromatic heterocycles. The number of nitrogens with one attached hydrogen (secondary N) is 1. The van der Waals surface area contributed by atoms with Crippen LogP contribution in [0.5, 0.6) is 5.75 Å². The number of methoxy groups -OCH3 is 1. The van der Waals surface area contributed by atoms with E-state index in [4.69, 9.17) is 27.9 Å². The molecule has 0 saturated heterocycles. The maximum Gasteiger partial charge on any atom is 0.243 e. The van der Waals surface area contributed by atoms with Crippen LogP contribution in [-0.4, -0.2) is 39.3 Å². The molecule has 2 aromatic rings. The van der Waals surface area contributed by atoms with Gasteiger partial charge in [-0.05, 0) is 42.5 Å². The summed E-state index contributed by atoms with van der Waals surface area (Å²) < 4.78 is 31.0. The van der Waals surface area contributed by atoms with E-state index < -0.39 is 15.9 Å². The largest absolute Gasteiger partial charge is 0.495 e. The summed E-state index contributed by atoms with van der Waals surface area (Å²) in [5.41, 5.74) is 0.359. The molecule has 2 aromatic carbocycles. The van der Waals surface area contributed by atoms with Crippen LogP contribution in [0.2, 0.25) is 10.0 Å². The van der Waals surface area contributed by atoms with E-state index in [9.17, 15) is 13.2 Å². The van der Waals surface area contributed by atoms with E-state index in [0.717, 1.165) is 4.31 Å². The van der Waals surface area contributed by atoms with E-state index in [1.54, 1.807) is 12.1 Å². The highest BCUT2D eigenvalue weighted by Crippen LogP contribution is 2.27. The molecule has 0 fully saturated rings. The number of hydrogen-bond acceptors (Lipinski definition) is 4. The van der Waals surface area contributed by atoms with Crippen LogP contribution in [0.4, 0.5) is 5.69 Å². The molecule has 0 radical (unpaired) electrons. The topological polar surface area (TPSA) is 75.7 Å². The normalized spacial score (nSPS) is 11.4. The Morgan fingerprint density at radius 1 is 1.12 bits per heavy atom. The van der Waals surface area contributed by atoms with E-state index in [0.29, 0.717) is 21.5 Å². The molecular formula is C16H16Cl2N2O4S. The molecule has 9 heteroatoms. The van der Waals surface area contributed by atoms with Gasteiger partial charge in [0.1, 0.15) is 5.75 Å². The van der Waals surface area contributed by atoms with Gasteiger partial charge in [0.25, 0.3) is 0 Å². The van der Waals surface area contributed by atoms with E-state index in [1.807, 2.05) is 0 Å². The van der Waals surface area contributed by atoms with Crippen LogP contribution in [0.3, 0.4) is 0 Å². The molecule has 0 aliphatic rings. The number of hydrogen-bond donors (Lipinski definition) is 1. The minimum Gasteiger partial charge on any atom is -0.495 e. The van der Waals surface area contributed by atoms with Crippen LogP contribution in [0, 0.1) is 0 Å². The van der Waals surface area contributed by atoms with Crippen molar-refractivity contribution in [1.82, 2.24) is 4.31 Å². The molecule has 0 atom stereocenters. The number of ether oxygens (including phenoxy) is 1. The number of carbonyl (C=O) groups excluding carboxylic acids is 1. The third kappa shape index (κ3) is 4.85.